The second kappa shape index (κ2) is 6.21. The Bertz CT molecular complexity index is 511. The van der Waals surface area contributed by atoms with E-state index in [0.717, 1.165) is 11.1 Å². The first kappa shape index (κ1) is 12.6. The van der Waals surface area contributed by atoms with E-state index in [1.807, 2.05) is 36.4 Å². The zero-order valence-corrected chi connectivity index (χ0v) is 10.7. The monoisotopic (exact) mass is 258 g/mol. The van der Waals surface area contributed by atoms with Crippen molar-refractivity contribution in [1.82, 2.24) is 10.3 Å². The second-order valence-electron chi connectivity index (χ2n) is 3.90. The van der Waals surface area contributed by atoms with E-state index in [4.69, 9.17) is 0 Å². The zero-order valence-electron chi connectivity index (χ0n) is 9.84. The number of aromatic nitrogens is 1. The number of amides is 1. The van der Waals surface area contributed by atoms with Gasteiger partial charge in [-0.25, -0.2) is 0 Å². The first-order chi connectivity index (χ1) is 8.79. The largest absolute Gasteiger partial charge is 0.348 e. The molecule has 0 fully saturated rings. The number of carbonyl (C=O) groups excluding carboxylic acids is 1. The van der Waals surface area contributed by atoms with Gasteiger partial charge in [0.05, 0.1) is 0 Å². The van der Waals surface area contributed by atoms with Gasteiger partial charge in [-0.05, 0) is 29.3 Å². The molecule has 0 aliphatic heterocycles. The van der Waals surface area contributed by atoms with Crippen LogP contribution in [-0.4, -0.2) is 10.9 Å². The average molecular weight is 258 g/mol. The van der Waals surface area contributed by atoms with Gasteiger partial charge in [-0.3, -0.25) is 9.78 Å². The fourth-order valence-electron chi connectivity index (χ4n) is 1.55. The van der Waals surface area contributed by atoms with Crippen molar-refractivity contribution in [3.8, 4) is 0 Å². The van der Waals surface area contributed by atoms with E-state index >= 15 is 0 Å². The minimum Gasteiger partial charge on any atom is -0.348 e. The Morgan fingerprint density at radius 1 is 1.17 bits per heavy atom. The number of hydrogen-bond donors (Lipinski definition) is 2. The molecule has 0 bridgehead atoms. The molecule has 2 aromatic rings. The second-order valence-corrected chi connectivity index (χ2v) is 4.22. The first-order valence-corrected chi connectivity index (χ1v) is 6.30. The molecule has 0 aliphatic rings. The Balaban J connectivity index is 1.95. The molecule has 3 nitrogen and oxygen atoms in total. The molecule has 1 heterocycles. The van der Waals surface area contributed by atoms with Gasteiger partial charge in [0.2, 0.25) is 0 Å². The van der Waals surface area contributed by atoms with E-state index in [1.165, 1.54) is 0 Å². The molecule has 1 amide bonds. The van der Waals surface area contributed by atoms with Gasteiger partial charge in [-0.1, -0.05) is 18.2 Å². The van der Waals surface area contributed by atoms with Crippen LogP contribution in [0.2, 0.25) is 0 Å². The van der Waals surface area contributed by atoms with Gasteiger partial charge in [-0.2, -0.15) is 12.6 Å². The molecule has 0 aliphatic carbocycles. The smallest absolute Gasteiger partial charge is 0.251 e. The Kier molecular flexibility index (Phi) is 4.36. The molecule has 1 aromatic carbocycles. The van der Waals surface area contributed by atoms with Gasteiger partial charge >= 0.3 is 0 Å². The molecule has 0 unspecified atom stereocenters. The molecule has 92 valence electrons. The summed E-state index contributed by atoms with van der Waals surface area (Å²) in [5.74, 6) is 0.599. The number of thiol groups is 1. The summed E-state index contributed by atoms with van der Waals surface area (Å²) in [6, 6.07) is 11.2. The maximum Gasteiger partial charge on any atom is 0.251 e. The highest BCUT2D eigenvalue weighted by atomic mass is 32.1. The van der Waals surface area contributed by atoms with Crippen LogP contribution < -0.4 is 5.32 Å². The van der Waals surface area contributed by atoms with Crippen molar-refractivity contribution in [3.63, 3.8) is 0 Å². The highest BCUT2D eigenvalue weighted by molar-refractivity contribution is 7.79. The number of pyridine rings is 1. The van der Waals surface area contributed by atoms with Gasteiger partial charge in [-0.15, -0.1) is 0 Å². The van der Waals surface area contributed by atoms with E-state index in [-0.39, 0.29) is 5.91 Å². The van der Waals surface area contributed by atoms with Gasteiger partial charge in [0.15, 0.2) is 0 Å². The van der Waals surface area contributed by atoms with Crippen LogP contribution in [0.4, 0.5) is 0 Å². The van der Waals surface area contributed by atoms with Crippen molar-refractivity contribution in [2.75, 3.05) is 0 Å². The van der Waals surface area contributed by atoms with Crippen molar-refractivity contribution in [2.45, 2.75) is 12.3 Å². The quantitative estimate of drug-likeness (QED) is 0.827. The van der Waals surface area contributed by atoms with E-state index in [0.29, 0.717) is 17.9 Å². The fourth-order valence-corrected chi connectivity index (χ4v) is 1.76. The number of benzene rings is 1. The normalized spacial score (nSPS) is 10.1. The third-order valence-corrected chi connectivity index (χ3v) is 2.94. The summed E-state index contributed by atoms with van der Waals surface area (Å²) in [5, 5.41) is 2.85. The van der Waals surface area contributed by atoms with Crippen LogP contribution in [-0.2, 0) is 12.3 Å². The van der Waals surface area contributed by atoms with Crippen LogP contribution in [0.3, 0.4) is 0 Å². The topological polar surface area (TPSA) is 42.0 Å². The van der Waals surface area contributed by atoms with Crippen LogP contribution in [0.5, 0.6) is 0 Å². The van der Waals surface area contributed by atoms with E-state index < -0.39 is 0 Å². The molecule has 1 aromatic heterocycles. The van der Waals surface area contributed by atoms with Gasteiger partial charge in [0, 0.05) is 30.3 Å². The molecule has 0 saturated carbocycles. The van der Waals surface area contributed by atoms with Gasteiger partial charge in [0.1, 0.15) is 0 Å². The molecule has 1 N–H and O–H groups in total. The van der Waals surface area contributed by atoms with Crippen molar-refractivity contribution < 1.29 is 4.79 Å². The lowest BCUT2D eigenvalue weighted by molar-refractivity contribution is 0.0951. The summed E-state index contributed by atoms with van der Waals surface area (Å²) in [6.45, 7) is 0.487. The van der Waals surface area contributed by atoms with E-state index in [1.54, 1.807) is 12.4 Å². The van der Waals surface area contributed by atoms with Crippen LogP contribution in [0, 0.1) is 0 Å². The summed E-state index contributed by atoms with van der Waals surface area (Å²) in [6.07, 6.45) is 3.45. The molecule has 0 spiro atoms. The number of carbonyl (C=O) groups is 1. The molecule has 0 saturated heterocycles. The summed E-state index contributed by atoms with van der Waals surface area (Å²) in [7, 11) is 0. The number of hydrogen-bond acceptors (Lipinski definition) is 3. The molecule has 2 rings (SSSR count). The molecular weight excluding hydrogens is 244 g/mol. The molecular formula is C14H14N2OS. The third kappa shape index (κ3) is 3.34. The van der Waals surface area contributed by atoms with Gasteiger partial charge < -0.3 is 5.32 Å². The third-order valence-electron chi connectivity index (χ3n) is 2.57. The average Bonchev–Trinajstić information content (AvgIpc) is 2.46. The van der Waals surface area contributed by atoms with Crippen LogP contribution in [0.15, 0.2) is 48.8 Å². The maximum absolute atomic E-state index is 11.9. The Morgan fingerprint density at radius 3 is 2.56 bits per heavy atom. The lowest BCUT2D eigenvalue weighted by Gasteiger charge is -2.05. The highest BCUT2D eigenvalue weighted by Gasteiger charge is 2.04. The zero-order chi connectivity index (χ0) is 12.8. The fraction of sp³-hybridized carbons (Fsp3) is 0.143. The summed E-state index contributed by atoms with van der Waals surface area (Å²) >= 11 is 4.18. The highest BCUT2D eigenvalue weighted by Crippen LogP contribution is 2.07. The number of rotatable bonds is 4. The molecule has 18 heavy (non-hydrogen) atoms. The Morgan fingerprint density at radius 2 is 1.94 bits per heavy atom. The van der Waals surface area contributed by atoms with Crippen molar-refractivity contribution in [2.24, 2.45) is 0 Å². The maximum atomic E-state index is 11.9. The molecule has 4 heteroatoms. The minimum absolute atomic E-state index is 0.0791. The lowest BCUT2D eigenvalue weighted by Crippen LogP contribution is -2.22. The Hall–Kier alpha value is -1.81. The molecule has 0 atom stereocenters. The Labute approximate surface area is 112 Å². The standard InChI is InChI=1S/C14H14N2OS/c17-14(13-5-3-11(10-18)4-6-13)16-9-12-2-1-7-15-8-12/h1-8,18H,9-10H2,(H,16,17). The minimum atomic E-state index is -0.0791. The van der Waals surface area contributed by atoms with E-state index in [2.05, 4.69) is 22.9 Å². The first-order valence-electron chi connectivity index (χ1n) is 5.66. The number of nitrogens with zero attached hydrogens (tertiary/aromatic N) is 1. The SMILES string of the molecule is O=C(NCc1cccnc1)c1ccc(CS)cc1. The number of nitrogens with one attached hydrogen (secondary N) is 1. The van der Waals surface area contributed by atoms with Crippen molar-refractivity contribution in [3.05, 3.63) is 65.5 Å². The van der Waals surface area contributed by atoms with Crippen LogP contribution in [0.1, 0.15) is 21.5 Å². The van der Waals surface area contributed by atoms with Crippen molar-refractivity contribution in [1.29, 1.82) is 0 Å². The predicted molar refractivity (Wildman–Crippen MR) is 74.5 cm³/mol. The molecule has 0 radical (unpaired) electrons. The summed E-state index contributed by atoms with van der Waals surface area (Å²) in [4.78, 5) is 15.9. The van der Waals surface area contributed by atoms with Gasteiger partial charge in [0.25, 0.3) is 5.91 Å². The van der Waals surface area contributed by atoms with Crippen LogP contribution in [0.25, 0.3) is 0 Å². The lowest BCUT2D eigenvalue weighted by atomic mass is 10.1. The van der Waals surface area contributed by atoms with Crippen LogP contribution >= 0.6 is 12.6 Å². The predicted octanol–water partition coefficient (Wildman–Crippen LogP) is 2.44. The summed E-state index contributed by atoms with van der Waals surface area (Å²) in [5.41, 5.74) is 2.74. The van der Waals surface area contributed by atoms with Crippen molar-refractivity contribution >= 4 is 18.5 Å². The summed E-state index contributed by atoms with van der Waals surface area (Å²) < 4.78 is 0. The van der Waals surface area contributed by atoms with E-state index in [9.17, 15) is 4.79 Å².